The van der Waals surface area contributed by atoms with Crippen molar-refractivity contribution in [3.05, 3.63) is 165 Å². The molecule has 0 spiro atoms. The Kier molecular flexibility index (Phi) is 6.95. The Morgan fingerprint density at radius 2 is 1.29 bits per heavy atom. The van der Waals surface area contributed by atoms with E-state index >= 15 is 8.78 Å². The number of fused-ring (bicyclic) bond motifs is 11. The molecule has 2 aliphatic carbocycles. The summed E-state index contributed by atoms with van der Waals surface area (Å²) in [5.41, 5.74) is 11.9. The number of ether oxygens (including phenoxy) is 1. The predicted molar refractivity (Wildman–Crippen MR) is 210 cm³/mol. The van der Waals surface area contributed by atoms with Crippen LogP contribution in [0.1, 0.15) is 106 Å². The van der Waals surface area contributed by atoms with E-state index in [2.05, 4.69) is 127 Å². The molecule has 0 saturated heterocycles. The first-order chi connectivity index (χ1) is 24.8. The molecule has 260 valence electrons. The van der Waals surface area contributed by atoms with Gasteiger partial charge in [-0.2, -0.15) is 0 Å². The first kappa shape index (κ1) is 32.9. The average Bonchev–Trinajstić information content (AvgIpc) is 3.56. The lowest BCUT2D eigenvalue weighted by atomic mass is 9.71. The molecular weight excluding hydrogens is 643 g/mol. The second-order valence-electron chi connectivity index (χ2n) is 16.6. The van der Waals surface area contributed by atoms with Crippen molar-refractivity contribution in [1.29, 1.82) is 0 Å². The molecule has 0 bridgehead atoms. The molecule has 0 radical (unpaired) electrons. The molecule has 52 heavy (non-hydrogen) atoms. The van der Waals surface area contributed by atoms with Gasteiger partial charge in [-0.25, -0.2) is 8.78 Å². The summed E-state index contributed by atoms with van der Waals surface area (Å²) in [5.74, 6) is 0.103. The van der Waals surface area contributed by atoms with Crippen molar-refractivity contribution in [1.82, 2.24) is 0 Å². The minimum atomic E-state index is -1.00. The smallest absolute Gasteiger partial charge is 0.178 e. The highest BCUT2D eigenvalue weighted by molar-refractivity contribution is 6.08. The molecule has 3 aliphatic rings. The van der Waals surface area contributed by atoms with E-state index in [0.717, 1.165) is 62.6 Å². The molecule has 1 heterocycles. The minimum Gasteiger partial charge on any atom is -0.472 e. The minimum absolute atomic E-state index is 0.0165. The summed E-state index contributed by atoms with van der Waals surface area (Å²) in [5, 5.41) is 1.64. The van der Waals surface area contributed by atoms with E-state index in [1.807, 2.05) is 12.1 Å². The van der Waals surface area contributed by atoms with Gasteiger partial charge in [-0.05, 0) is 110 Å². The number of rotatable bonds is 4. The van der Waals surface area contributed by atoms with Crippen LogP contribution in [-0.4, -0.2) is 0 Å². The second-order valence-corrected chi connectivity index (χ2v) is 16.6. The van der Waals surface area contributed by atoms with Crippen LogP contribution >= 0.6 is 0 Å². The summed E-state index contributed by atoms with van der Waals surface area (Å²) in [6.07, 6.45) is 6.01. The molecule has 1 unspecified atom stereocenters. The van der Waals surface area contributed by atoms with Crippen LogP contribution in [0.25, 0.3) is 39.1 Å². The lowest BCUT2D eigenvalue weighted by Gasteiger charge is -2.40. The van der Waals surface area contributed by atoms with E-state index in [0.29, 0.717) is 5.75 Å². The summed E-state index contributed by atoms with van der Waals surface area (Å²) in [7, 11) is 0. The first-order valence-corrected chi connectivity index (χ1v) is 18.7. The lowest BCUT2D eigenvalue weighted by molar-refractivity contribution is 0.163. The second kappa shape index (κ2) is 11.0. The third-order valence-corrected chi connectivity index (χ3v) is 12.7. The summed E-state index contributed by atoms with van der Waals surface area (Å²) in [6.45, 7) is 15.7. The van der Waals surface area contributed by atoms with Gasteiger partial charge in [-0.15, -0.1) is 0 Å². The number of hydrogen-bond donors (Lipinski definition) is 0. The molecule has 0 saturated carbocycles. The van der Waals surface area contributed by atoms with E-state index in [9.17, 15) is 0 Å². The van der Waals surface area contributed by atoms with Crippen molar-refractivity contribution >= 4 is 16.8 Å². The monoisotopic (exact) mass is 686 g/mol. The van der Waals surface area contributed by atoms with E-state index in [4.69, 9.17) is 4.74 Å². The summed E-state index contributed by atoms with van der Waals surface area (Å²) in [6, 6.07) is 34.5. The van der Waals surface area contributed by atoms with Crippen molar-refractivity contribution in [2.45, 2.75) is 83.2 Å². The molecule has 6 aromatic rings. The van der Waals surface area contributed by atoms with Crippen LogP contribution in [0.2, 0.25) is 0 Å². The van der Waals surface area contributed by atoms with Crippen LogP contribution in [-0.2, 0) is 21.8 Å². The highest BCUT2D eigenvalue weighted by Gasteiger charge is 2.48. The van der Waals surface area contributed by atoms with Crippen LogP contribution in [0.5, 0.6) is 5.75 Å². The Bertz CT molecular complexity index is 2490. The molecule has 0 amide bonds. The largest absolute Gasteiger partial charge is 0.472 e. The van der Waals surface area contributed by atoms with Crippen LogP contribution < -0.4 is 4.74 Å². The molecule has 0 fully saturated rings. The molecule has 1 nitrogen and oxygen atoms in total. The Labute approximate surface area is 306 Å². The normalized spacial score (nSPS) is 18.7. The molecular formula is C49H44F2O. The number of benzene rings is 6. The Morgan fingerprint density at radius 3 is 2.02 bits per heavy atom. The van der Waals surface area contributed by atoms with Crippen molar-refractivity contribution in [3.63, 3.8) is 0 Å². The molecule has 0 aromatic heterocycles. The third-order valence-electron chi connectivity index (χ3n) is 12.7. The van der Waals surface area contributed by atoms with Gasteiger partial charge in [0.2, 0.25) is 0 Å². The molecule has 9 rings (SSSR count). The van der Waals surface area contributed by atoms with E-state index in [-0.39, 0.29) is 22.5 Å². The maximum atomic E-state index is 15.4. The fraction of sp³-hybridized carbons (Fsp3) is 0.265. The fourth-order valence-electron chi connectivity index (χ4n) is 9.77. The topological polar surface area (TPSA) is 9.23 Å². The third kappa shape index (κ3) is 4.32. The van der Waals surface area contributed by atoms with Crippen LogP contribution in [0.3, 0.4) is 0 Å². The van der Waals surface area contributed by atoms with Crippen molar-refractivity contribution < 1.29 is 13.5 Å². The maximum absolute atomic E-state index is 15.4. The van der Waals surface area contributed by atoms with Gasteiger partial charge in [0.15, 0.2) is 5.60 Å². The summed E-state index contributed by atoms with van der Waals surface area (Å²) >= 11 is 0. The van der Waals surface area contributed by atoms with E-state index in [1.165, 1.54) is 33.9 Å². The molecule has 3 heteroatoms. The van der Waals surface area contributed by atoms with Crippen LogP contribution in [0, 0.1) is 11.6 Å². The van der Waals surface area contributed by atoms with Gasteiger partial charge in [-0.3, -0.25) is 0 Å². The zero-order chi connectivity index (χ0) is 36.4. The van der Waals surface area contributed by atoms with Crippen molar-refractivity contribution in [2.24, 2.45) is 0 Å². The van der Waals surface area contributed by atoms with Crippen LogP contribution in [0.4, 0.5) is 8.78 Å². The van der Waals surface area contributed by atoms with Gasteiger partial charge in [0.25, 0.3) is 0 Å². The van der Waals surface area contributed by atoms with Gasteiger partial charge >= 0.3 is 0 Å². The van der Waals surface area contributed by atoms with Crippen molar-refractivity contribution in [3.8, 4) is 28.0 Å². The van der Waals surface area contributed by atoms with Gasteiger partial charge in [0.05, 0.1) is 0 Å². The van der Waals surface area contributed by atoms with Crippen molar-refractivity contribution in [2.75, 3.05) is 0 Å². The highest BCUT2D eigenvalue weighted by atomic mass is 19.1. The lowest BCUT2D eigenvalue weighted by Crippen LogP contribution is -2.36. The molecule has 1 aliphatic heterocycles. The molecule has 1 atom stereocenters. The zero-order valence-electron chi connectivity index (χ0n) is 31.0. The Balaban J connectivity index is 1.34. The van der Waals surface area contributed by atoms with Gasteiger partial charge < -0.3 is 4.74 Å². The van der Waals surface area contributed by atoms with Gasteiger partial charge in [0, 0.05) is 32.9 Å². The number of hydrogen-bond acceptors (Lipinski definition) is 1. The Morgan fingerprint density at radius 1 is 0.635 bits per heavy atom. The van der Waals surface area contributed by atoms with Crippen LogP contribution in [0.15, 0.2) is 109 Å². The number of halogens is 2. The zero-order valence-corrected chi connectivity index (χ0v) is 31.0. The van der Waals surface area contributed by atoms with E-state index < -0.39 is 11.0 Å². The quantitative estimate of drug-likeness (QED) is 0.179. The highest BCUT2D eigenvalue weighted by Crippen LogP contribution is 2.61. The first-order valence-electron chi connectivity index (χ1n) is 18.7. The van der Waals surface area contributed by atoms with Gasteiger partial charge in [-0.1, -0.05) is 127 Å². The Hall–Kier alpha value is -5.02. The van der Waals surface area contributed by atoms with E-state index in [1.54, 1.807) is 18.2 Å². The summed E-state index contributed by atoms with van der Waals surface area (Å²) < 4.78 is 38.1. The maximum Gasteiger partial charge on any atom is 0.178 e. The molecule has 6 aromatic carbocycles. The van der Waals surface area contributed by atoms with Gasteiger partial charge in [0.1, 0.15) is 17.4 Å². The summed E-state index contributed by atoms with van der Waals surface area (Å²) in [4.78, 5) is 0. The fourth-order valence-corrected chi connectivity index (χ4v) is 9.77. The predicted octanol–water partition coefficient (Wildman–Crippen LogP) is 13.2. The average molecular weight is 687 g/mol. The molecule has 0 N–H and O–H groups in total. The standard InChI is InChI=1S/C49H44F2O/c1-8-48(9-2)42-28-33(51)20-23-37(42)43-36-22-19-32(50)27-39(36)45-38(44(43)48)24-25-49(52-45,30-16-14-29(15-17-30)46(3,4)5)31-18-21-35-34-12-10-11-13-40(34)47(6,7)41(35)26-31/h10-28H,8-9H2,1-7H3. The SMILES string of the molecule is CCC1(CC)c2cc(F)ccc2-c2c1c1c(c3cc(F)ccc23)OC(c2ccc(C(C)(C)C)cc2)(c2ccc3c(c2)C(C)(C)c2ccccc2-3)C=C1.